The molecule has 0 aromatic heterocycles. The Balaban J connectivity index is 1.72. The number of aryl methyl sites for hydroxylation is 1. The number of nitro groups is 1. The summed E-state index contributed by atoms with van der Waals surface area (Å²) in [5.41, 5.74) is 1.91. The van der Waals surface area contributed by atoms with E-state index in [1.165, 1.54) is 29.2 Å². The number of carbonyl (C=O) groups excluding carboxylic acids is 2. The normalized spacial score (nSPS) is 16.5. The highest BCUT2D eigenvalue weighted by Gasteiger charge is 2.35. The minimum atomic E-state index is -0.519. The number of anilines is 2. The number of hydrogen-bond acceptors (Lipinski definition) is 4. The fourth-order valence-electron chi connectivity index (χ4n) is 2.90. The first-order chi connectivity index (χ1) is 12.8. The van der Waals surface area contributed by atoms with Crippen molar-refractivity contribution in [3.63, 3.8) is 0 Å². The lowest BCUT2D eigenvalue weighted by atomic mass is 10.1. The van der Waals surface area contributed by atoms with Gasteiger partial charge in [0.1, 0.15) is 0 Å². The van der Waals surface area contributed by atoms with Gasteiger partial charge >= 0.3 is 0 Å². The van der Waals surface area contributed by atoms with Gasteiger partial charge in [0.05, 0.1) is 15.9 Å². The molecule has 0 saturated carbocycles. The summed E-state index contributed by atoms with van der Waals surface area (Å²) in [4.78, 5) is 36.6. The van der Waals surface area contributed by atoms with Gasteiger partial charge in [-0.1, -0.05) is 11.6 Å². The SMILES string of the molecule is Cc1cc(Br)c(Cl)cc1NC(=O)[C@H]1CC(=O)N(c2ccc([N+](=O)[O-])cc2)C1. The number of carbonyl (C=O) groups is 2. The second-order valence-corrected chi connectivity index (χ2v) is 7.51. The van der Waals surface area contributed by atoms with E-state index in [0.29, 0.717) is 16.4 Å². The molecular formula is C18H15BrClN3O4. The maximum atomic E-state index is 12.6. The van der Waals surface area contributed by atoms with Crippen molar-refractivity contribution in [2.75, 3.05) is 16.8 Å². The van der Waals surface area contributed by atoms with Crippen molar-refractivity contribution in [3.8, 4) is 0 Å². The first-order valence-corrected chi connectivity index (χ1v) is 9.24. The fourth-order valence-corrected chi connectivity index (χ4v) is 3.52. The molecule has 1 aliphatic heterocycles. The number of halogens is 2. The van der Waals surface area contributed by atoms with Gasteiger partial charge in [-0.25, -0.2) is 0 Å². The number of amides is 2. The van der Waals surface area contributed by atoms with Gasteiger partial charge in [0.15, 0.2) is 0 Å². The summed E-state index contributed by atoms with van der Waals surface area (Å²) in [6.07, 6.45) is 0.0755. The number of nitrogens with zero attached hydrogens (tertiary/aromatic N) is 2. The molecule has 140 valence electrons. The van der Waals surface area contributed by atoms with Crippen molar-refractivity contribution in [1.82, 2.24) is 0 Å². The van der Waals surface area contributed by atoms with Gasteiger partial charge in [-0.15, -0.1) is 0 Å². The molecule has 0 bridgehead atoms. The number of non-ortho nitro benzene ring substituents is 1. The lowest BCUT2D eigenvalue weighted by molar-refractivity contribution is -0.384. The molecule has 9 heteroatoms. The van der Waals surface area contributed by atoms with E-state index in [4.69, 9.17) is 11.6 Å². The molecule has 2 aromatic rings. The summed E-state index contributed by atoms with van der Waals surface area (Å²) in [6, 6.07) is 9.15. The third-order valence-electron chi connectivity index (χ3n) is 4.39. The Morgan fingerprint density at radius 3 is 2.63 bits per heavy atom. The molecule has 1 N–H and O–H groups in total. The van der Waals surface area contributed by atoms with E-state index in [-0.39, 0.29) is 30.5 Å². The van der Waals surface area contributed by atoms with E-state index in [1.54, 1.807) is 12.1 Å². The molecule has 3 rings (SSSR count). The molecule has 1 aliphatic rings. The first-order valence-electron chi connectivity index (χ1n) is 8.07. The monoisotopic (exact) mass is 451 g/mol. The van der Waals surface area contributed by atoms with Crippen LogP contribution >= 0.6 is 27.5 Å². The molecule has 0 unspecified atom stereocenters. The van der Waals surface area contributed by atoms with Crippen molar-refractivity contribution in [2.45, 2.75) is 13.3 Å². The molecule has 2 aromatic carbocycles. The van der Waals surface area contributed by atoms with Gasteiger partial charge < -0.3 is 10.2 Å². The minimum absolute atomic E-state index is 0.0534. The van der Waals surface area contributed by atoms with Crippen LogP contribution in [0.5, 0.6) is 0 Å². The summed E-state index contributed by atoms with van der Waals surface area (Å²) in [7, 11) is 0. The first kappa shape index (κ1) is 19.3. The van der Waals surface area contributed by atoms with Crippen LogP contribution in [-0.4, -0.2) is 23.3 Å². The Bertz CT molecular complexity index is 933. The third-order valence-corrected chi connectivity index (χ3v) is 5.59. The van der Waals surface area contributed by atoms with Crippen molar-refractivity contribution in [3.05, 3.63) is 61.6 Å². The van der Waals surface area contributed by atoms with Crippen LogP contribution in [0.2, 0.25) is 5.02 Å². The minimum Gasteiger partial charge on any atom is -0.325 e. The van der Waals surface area contributed by atoms with E-state index in [2.05, 4.69) is 21.2 Å². The van der Waals surface area contributed by atoms with Gasteiger partial charge in [-0.3, -0.25) is 19.7 Å². The number of benzene rings is 2. The third kappa shape index (κ3) is 4.12. The lowest BCUT2D eigenvalue weighted by Crippen LogP contribution is -2.28. The van der Waals surface area contributed by atoms with Crippen LogP contribution in [0.15, 0.2) is 40.9 Å². The smallest absolute Gasteiger partial charge is 0.269 e. The molecule has 1 atom stereocenters. The standard InChI is InChI=1S/C18H15BrClN3O4/c1-10-6-14(19)15(20)8-16(10)21-18(25)11-7-17(24)22(9-11)12-2-4-13(5-3-12)23(26)27/h2-6,8,11H,7,9H2,1H3,(H,21,25)/t11-/m0/s1. The van der Waals surface area contributed by atoms with E-state index in [1.807, 2.05) is 6.92 Å². The quantitative estimate of drug-likeness (QED) is 0.552. The predicted octanol–water partition coefficient (Wildman–Crippen LogP) is 4.31. The molecule has 2 amide bonds. The predicted molar refractivity (Wildman–Crippen MR) is 106 cm³/mol. The zero-order valence-corrected chi connectivity index (χ0v) is 16.6. The Morgan fingerprint density at radius 2 is 2.00 bits per heavy atom. The van der Waals surface area contributed by atoms with Gasteiger partial charge in [0.2, 0.25) is 11.8 Å². The lowest BCUT2D eigenvalue weighted by Gasteiger charge is -2.17. The van der Waals surface area contributed by atoms with Crippen LogP contribution in [0, 0.1) is 23.0 Å². The summed E-state index contributed by atoms with van der Waals surface area (Å²) < 4.78 is 0.736. The molecule has 7 nitrogen and oxygen atoms in total. The van der Waals surface area contributed by atoms with E-state index in [9.17, 15) is 19.7 Å². The molecule has 0 spiro atoms. The maximum absolute atomic E-state index is 12.6. The molecule has 0 radical (unpaired) electrons. The molecular weight excluding hydrogens is 438 g/mol. The van der Waals surface area contributed by atoms with Crippen molar-refractivity contribution >= 4 is 56.4 Å². The summed E-state index contributed by atoms with van der Waals surface area (Å²) in [5.74, 6) is -0.988. The van der Waals surface area contributed by atoms with Crippen LogP contribution in [0.25, 0.3) is 0 Å². The van der Waals surface area contributed by atoms with Gasteiger partial charge in [0.25, 0.3) is 5.69 Å². The maximum Gasteiger partial charge on any atom is 0.269 e. The summed E-state index contributed by atoms with van der Waals surface area (Å²) >= 11 is 9.41. The average molecular weight is 453 g/mol. The number of nitrogens with one attached hydrogen (secondary N) is 1. The number of hydrogen-bond donors (Lipinski definition) is 1. The van der Waals surface area contributed by atoms with Gasteiger partial charge in [0, 0.05) is 40.9 Å². The molecule has 27 heavy (non-hydrogen) atoms. The fraction of sp³-hybridized carbons (Fsp3) is 0.222. The zero-order chi connectivity index (χ0) is 19.7. The topological polar surface area (TPSA) is 92.6 Å². The summed E-state index contributed by atoms with van der Waals surface area (Å²) in [5, 5.41) is 14.0. The van der Waals surface area contributed by atoms with Crippen molar-refractivity contribution in [2.24, 2.45) is 5.92 Å². The van der Waals surface area contributed by atoms with Crippen LogP contribution in [0.3, 0.4) is 0 Å². The average Bonchev–Trinajstić information content (AvgIpc) is 3.01. The largest absolute Gasteiger partial charge is 0.325 e. The van der Waals surface area contributed by atoms with Crippen molar-refractivity contribution in [1.29, 1.82) is 0 Å². The van der Waals surface area contributed by atoms with Crippen LogP contribution in [0.1, 0.15) is 12.0 Å². The van der Waals surface area contributed by atoms with E-state index in [0.717, 1.165) is 10.0 Å². The Morgan fingerprint density at radius 1 is 1.33 bits per heavy atom. The molecule has 1 saturated heterocycles. The molecule has 0 aliphatic carbocycles. The highest BCUT2D eigenvalue weighted by molar-refractivity contribution is 9.10. The highest BCUT2D eigenvalue weighted by atomic mass is 79.9. The molecule has 1 fully saturated rings. The second-order valence-electron chi connectivity index (χ2n) is 6.25. The Kier molecular flexibility index (Phi) is 5.48. The van der Waals surface area contributed by atoms with Crippen LogP contribution in [0.4, 0.5) is 17.1 Å². The van der Waals surface area contributed by atoms with Crippen molar-refractivity contribution < 1.29 is 14.5 Å². The number of nitro benzene ring substituents is 1. The Labute approximate surface area is 168 Å². The van der Waals surface area contributed by atoms with Gasteiger partial charge in [-0.2, -0.15) is 0 Å². The van der Waals surface area contributed by atoms with Crippen LogP contribution < -0.4 is 10.2 Å². The Hall–Kier alpha value is -2.45. The number of rotatable bonds is 4. The van der Waals surface area contributed by atoms with E-state index < -0.39 is 10.8 Å². The highest BCUT2D eigenvalue weighted by Crippen LogP contribution is 2.31. The van der Waals surface area contributed by atoms with Crippen LogP contribution in [-0.2, 0) is 9.59 Å². The molecule has 1 heterocycles. The second kappa shape index (κ2) is 7.66. The summed E-state index contributed by atoms with van der Waals surface area (Å²) in [6.45, 7) is 2.06. The van der Waals surface area contributed by atoms with Gasteiger partial charge in [-0.05, 0) is 52.7 Å². The zero-order valence-electron chi connectivity index (χ0n) is 14.2. The van der Waals surface area contributed by atoms with E-state index >= 15 is 0 Å².